The zero-order valence-electron chi connectivity index (χ0n) is 14.3. The molecule has 0 aliphatic heterocycles. The van der Waals surface area contributed by atoms with Gasteiger partial charge in [-0.05, 0) is 52.7 Å². The van der Waals surface area contributed by atoms with Gasteiger partial charge >= 0.3 is 0 Å². The van der Waals surface area contributed by atoms with Gasteiger partial charge in [-0.15, -0.1) is 10.2 Å². The minimum absolute atomic E-state index is 0.277. The molecule has 1 N–H and O–H groups in total. The van der Waals surface area contributed by atoms with Crippen LogP contribution < -0.4 is 14.8 Å². The lowest BCUT2D eigenvalue weighted by Crippen LogP contribution is -2.09. The first-order valence-electron chi connectivity index (χ1n) is 7.89. The summed E-state index contributed by atoms with van der Waals surface area (Å²) in [5.74, 6) is 1.01. The number of carbonyl (C=O) groups is 1. The quantitative estimate of drug-likeness (QED) is 0.621. The van der Waals surface area contributed by atoms with Gasteiger partial charge in [0.2, 0.25) is 5.91 Å². The number of pyridine rings is 1. The number of aromatic nitrogens is 3. The van der Waals surface area contributed by atoms with E-state index >= 15 is 0 Å². The topological polar surface area (TPSA) is 77.8 Å². The summed E-state index contributed by atoms with van der Waals surface area (Å²) in [6.45, 7) is 2.46. The molecule has 1 aromatic carbocycles. The van der Waals surface area contributed by atoms with Crippen LogP contribution >= 0.6 is 15.9 Å². The lowest BCUT2D eigenvalue weighted by Gasteiger charge is -2.09. The second kappa shape index (κ2) is 8.01. The number of amides is 1. The Morgan fingerprint density at radius 1 is 1.35 bits per heavy atom. The molecule has 3 aromatic rings. The van der Waals surface area contributed by atoms with Crippen molar-refractivity contribution in [2.24, 2.45) is 0 Å². The summed E-state index contributed by atoms with van der Waals surface area (Å²) in [4.78, 5) is 12.3. The molecule has 0 bridgehead atoms. The average molecular weight is 417 g/mol. The number of nitrogens with one attached hydrogen (secondary N) is 1. The number of rotatable bonds is 6. The maximum atomic E-state index is 12.3. The van der Waals surface area contributed by atoms with Crippen molar-refractivity contribution in [2.75, 3.05) is 19.0 Å². The molecule has 0 fully saturated rings. The summed E-state index contributed by atoms with van der Waals surface area (Å²) in [6, 6.07) is 7.25. The van der Waals surface area contributed by atoms with Crippen LogP contribution in [-0.2, 0) is 4.79 Å². The second-order valence-electron chi connectivity index (χ2n) is 5.30. The third kappa shape index (κ3) is 4.02. The van der Waals surface area contributed by atoms with Crippen molar-refractivity contribution in [3.63, 3.8) is 0 Å². The van der Waals surface area contributed by atoms with Gasteiger partial charge in [-0.2, -0.15) is 0 Å². The van der Waals surface area contributed by atoms with Crippen LogP contribution in [0.1, 0.15) is 12.5 Å². The number of fused-ring (bicyclic) bond motifs is 1. The zero-order valence-corrected chi connectivity index (χ0v) is 15.9. The van der Waals surface area contributed by atoms with Crippen molar-refractivity contribution >= 4 is 39.2 Å². The molecule has 0 spiro atoms. The molecule has 2 heterocycles. The lowest BCUT2D eigenvalue weighted by molar-refractivity contribution is -0.111. The molecule has 8 heteroatoms. The summed E-state index contributed by atoms with van der Waals surface area (Å²) in [5, 5.41) is 10.7. The van der Waals surface area contributed by atoms with Crippen LogP contribution in [0.15, 0.2) is 47.3 Å². The molecule has 3 rings (SSSR count). The molecule has 0 atom stereocenters. The molecule has 0 saturated heterocycles. The van der Waals surface area contributed by atoms with Gasteiger partial charge in [-0.1, -0.05) is 6.07 Å². The molecule has 0 radical (unpaired) electrons. The summed E-state index contributed by atoms with van der Waals surface area (Å²) in [5.41, 5.74) is 1.95. The van der Waals surface area contributed by atoms with Crippen molar-refractivity contribution in [1.29, 1.82) is 0 Å². The van der Waals surface area contributed by atoms with Crippen LogP contribution in [0.5, 0.6) is 11.5 Å². The molecule has 134 valence electrons. The molecule has 2 aromatic heterocycles. The first-order valence-corrected chi connectivity index (χ1v) is 8.68. The summed E-state index contributed by atoms with van der Waals surface area (Å²) in [6.07, 6.45) is 6.53. The van der Waals surface area contributed by atoms with E-state index < -0.39 is 0 Å². The second-order valence-corrected chi connectivity index (χ2v) is 6.22. The maximum Gasteiger partial charge on any atom is 0.248 e. The van der Waals surface area contributed by atoms with Gasteiger partial charge in [0.15, 0.2) is 17.1 Å². The van der Waals surface area contributed by atoms with Gasteiger partial charge in [0, 0.05) is 16.7 Å². The van der Waals surface area contributed by atoms with E-state index in [1.54, 1.807) is 30.0 Å². The Morgan fingerprint density at radius 2 is 2.19 bits per heavy atom. The van der Waals surface area contributed by atoms with E-state index in [2.05, 4.69) is 31.4 Å². The standard InChI is InChI=1S/C18H17BrN4O3/c1-3-26-15-6-4-12(8-16(15)25-2)5-7-17(24)21-14-9-13(19)10-23-11-20-22-18(14)23/h4-11H,3H2,1-2H3,(H,21,24)/b7-5+. The normalized spacial score (nSPS) is 11.0. The van der Waals surface area contributed by atoms with Crippen LogP contribution in [0.25, 0.3) is 11.7 Å². The maximum absolute atomic E-state index is 12.3. The van der Waals surface area contributed by atoms with E-state index in [0.29, 0.717) is 29.4 Å². The largest absolute Gasteiger partial charge is 0.493 e. The highest BCUT2D eigenvalue weighted by Gasteiger charge is 2.08. The average Bonchev–Trinajstić information content (AvgIpc) is 3.09. The van der Waals surface area contributed by atoms with Gasteiger partial charge in [-0.25, -0.2) is 0 Å². The molecular weight excluding hydrogens is 400 g/mol. The van der Waals surface area contributed by atoms with E-state index in [1.807, 2.05) is 31.3 Å². The molecule has 0 saturated carbocycles. The third-order valence-electron chi connectivity index (χ3n) is 3.53. The van der Waals surface area contributed by atoms with Crippen molar-refractivity contribution < 1.29 is 14.3 Å². The number of ether oxygens (including phenoxy) is 2. The number of carbonyl (C=O) groups excluding carboxylic acids is 1. The highest BCUT2D eigenvalue weighted by atomic mass is 79.9. The Bertz CT molecular complexity index is 968. The number of methoxy groups -OCH3 is 1. The highest BCUT2D eigenvalue weighted by Crippen LogP contribution is 2.28. The molecule has 1 amide bonds. The first kappa shape index (κ1) is 17.9. The number of nitrogens with zero attached hydrogens (tertiary/aromatic N) is 3. The van der Waals surface area contributed by atoms with Crippen LogP contribution in [0.2, 0.25) is 0 Å². The van der Waals surface area contributed by atoms with Gasteiger partial charge in [-0.3, -0.25) is 9.20 Å². The van der Waals surface area contributed by atoms with E-state index in [1.165, 1.54) is 6.08 Å². The van der Waals surface area contributed by atoms with Gasteiger partial charge < -0.3 is 14.8 Å². The first-order chi connectivity index (χ1) is 12.6. The Labute approximate surface area is 158 Å². The minimum Gasteiger partial charge on any atom is -0.493 e. The highest BCUT2D eigenvalue weighted by molar-refractivity contribution is 9.10. The van der Waals surface area contributed by atoms with Crippen molar-refractivity contribution in [3.8, 4) is 11.5 Å². The lowest BCUT2D eigenvalue weighted by atomic mass is 10.2. The number of hydrogen-bond acceptors (Lipinski definition) is 5. The van der Waals surface area contributed by atoms with Crippen molar-refractivity contribution in [2.45, 2.75) is 6.92 Å². The minimum atomic E-state index is -0.277. The Morgan fingerprint density at radius 3 is 2.96 bits per heavy atom. The predicted octanol–water partition coefficient (Wildman–Crippen LogP) is 3.55. The number of halogens is 1. The van der Waals surface area contributed by atoms with Gasteiger partial charge in [0.05, 0.1) is 19.4 Å². The monoisotopic (exact) mass is 416 g/mol. The Hall–Kier alpha value is -2.87. The molecule has 0 aliphatic carbocycles. The molecule has 7 nitrogen and oxygen atoms in total. The van der Waals surface area contributed by atoms with E-state index in [0.717, 1.165) is 10.0 Å². The predicted molar refractivity (Wildman–Crippen MR) is 103 cm³/mol. The Balaban J connectivity index is 1.76. The summed E-state index contributed by atoms with van der Waals surface area (Å²) >= 11 is 3.40. The van der Waals surface area contributed by atoms with Gasteiger partial charge in [0.25, 0.3) is 0 Å². The number of hydrogen-bond donors (Lipinski definition) is 1. The fraction of sp³-hybridized carbons (Fsp3) is 0.167. The summed E-state index contributed by atoms with van der Waals surface area (Å²) < 4.78 is 13.3. The molecule has 0 unspecified atom stereocenters. The SMILES string of the molecule is CCOc1ccc(/C=C/C(=O)Nc2cc(Br)cn3cnnc23)cc1OC. The molecule has 0 aliphatic rings. The van der Waals surface area contributed by atoms with Crippen molar-refractivity contribution in [1.82, 2.24) is 14.6 Å². The third-order valence-corrected chi connectivity index (χ3v) is 3.96. The molecule has 26 heavy (non-hydrogen) atoms. The number of anilines is 1. The van der Waals surface area contributed by atoms with E-state index in [-0.39, 0.29) is 5.91 Å². The number of benzene rings is 1. The van der Waals surface area contributed by atoms with E-state index in [4.69, 9.17) is 9.47 Å². The van der Waals surface area contributed by atoms with Crippen LogP contribution in [0.3, 0.4) is 0 Å². The summed E-state index contributed by atoms with van der Waals surface area (Å²) in [7, 11) is 1.58. The molecular formula is C18H17BrN4O3. The fourth-order valence-corrected chi connectivity index (χ4v) is 2.85. The van der Waals surface area contributed by atoms with E-state index in [9.17, 15) is 4.79 Å². The van der Waals surface area contributed by atoms with Crippen LogP contribution in [-0.4, -0.2) is 34.2 Å². The smallest absolute Gasteiger partial charge is 0.248 e. The van der Waals surface area contributed by atoms with Crippen LogP contribution in [0.4, 0.5) is 5.69 Å². The fourth-order valence-electron chi connectivity index (χ4n) is 2.40. The Kier molecular flexibility index (Phi) is 5.52. The van der Waals surface area contributed by atoms with Gasteiger partial charge in [0.1, 0.15) is 6.33 Å². The van der Waals surface area contributed by atoms with Crippen LogP contribution in [0, 0.1) is 0 Å². The van der Waals surface area contributed by atoms with Crippen molar-refractivity contribution in [3.05, 3.63) is 52.9 Å². The zero-order chi connectivity index (χ0) is 18.5.